The number of rotatable bonds is 11. The summed E-state index contributed by atoms with van der Waals surface area (Å²) in [5.41, 5.74) is 0. The van der Waals surface area contributed by atoms with Gasteiger partial charge in [-0.05, 0) is 76.7 Å². The number of likely N-dealkylation sites (N-methyl/N-ethyl adjacent to an activating group) is 2. The van der Waals surface area contributed by atoms with Gasteiger partial charge in [-0.2, -0.15) is 0 Å². The second-order valence-corrected chi connectivity index (χ2v) is 8.75. The number of ether oxygens (including phenoxy) is 2. The van der Waals surface area contributed by atoms with Gasteiger partial charge in [-0.3, -0.25) is 0 Å². The van der Waals surface area contributed by atoms with Crippen LogP contribution in [0.4, 0.5) is 0 Å². The molecule has 0 aromatic heterocycles. The molecule has 0 unspecified atom stereocenters. The highest BCUT2D eigenvalue weighted by Crippen LogP contribution is 2.34. The Labute approximate surface area is 164 Å². The van der Waals surface area contributed by atoms with Gasteiger partial charge in [-0.1, -0.05) is 0 Å². The van der Waals surface area contributed by atoms with Gasteiger partial charge in [-0.25, -0.2) is 0 Å². The smallest absolute Gasteiger partial charge is 0.119 e. The predicted molar refractivity (Wildman–Crippen MR) is 114 cm³/mol. The first-order valence-corrected chi connectivity index (χ1v) is 10.3. The lowest BCUT2D eigenvalue weighted by molar-refractivity contribution is 0.261. The third-order valence-electron chi connectivity index (χ3n) is 3.94. The summed E-state index contributed by atoms with van der Waals surface area (Å²) in [6, 6.07) is 16.4. The maximum Gasteiger partial charge on any atom is 0.119 e. The number of nitrogens with zero attached hydrogens (tertiary/aromatic N) is 2. The van der Waals surface area contributed by atoms with Crippen LogP contribution in [0.2, 0.25) is 0 Å². The molecule has 27 heavy (non-hydrogen) atoms. The van der Waals surface area contributed by atoms with Gasteiger partial charge in [0.15, 0.2) is 0 Å². The zero-order chi connectivity index (χ0) is 19.6. The van der Waals surface area contributed by atoms with Crippen molar-refractivity contribution in [1.82, 2.24) is 9.80 Å². The molecule has 6 heteroatoms. The lowest BCUT2D eigenvalue weighted by Gasteiger charge is -2.17. The molecular formula is C21H31N2O3P. The molecule has 0 atom stereocenters. The molecule has 0 N–H and O–H groups in total. The van der Waals surface area contributed by atoms with E-state index in [0.29, 0.717) is 13.2 Å². The van der Waals surface area contributed by atoms with Crippen molar-refractivity contribution in [1.29, 1.82) is 0 Å². The lowest BCUT2D eigenvalue weighted by atomic mass is 10.3. The van der Waals surface area contributed by atoms with Crippen LogP contribution in [-0.4, -0.2) is 71.4 Å². The van der Waals surface area contributed by atoms with Gasteiger partial charge in [0, 0.05) is 30.8 Å². The number of benzene rings is 2. The van der Waals surface area contributed by atoms with Crippen LogP contribution in [0.25, 0.3) is 0 Å². The summed E-state index contributed by atoms with van der Waals surface area (Å²) in [6.45, 7) is 3.16. The highest BCUT2D eigenvalue weighted by atomic mass is 31.1. The van der Waals surface area contributed by atoms with Gasteiger partial charge < -0.3 is 23.8 Å². The fourth-order valence-corrected chi connectivity index (χ4v) is 3.97. The second-order valence-electron chi connectivity index (χ2n) is 6.77. The largest absolute Gasteiger partial charge is 0.492 e. The molecule has 0 amide bonds. The van der Waals surface area contributed by atoms with E-state index < -0.39 is 8.15 Å². The van der Waals surface area contributed by atoms with E-state index in [4.69, 9.17) is 14.0 Å². The van der Waals surface area contributed by atoms with Crippen LogP contribution in [0.15, 0.2) is 48.5 Å². The van der Waals surface area contributed by atoms with Crippen LogP contribution in [0.1, 0.15) is 0 Å². The van der Waals surface area contributed by atoms with Crippen molar-refractivity contribution in [3.05, 3.63) is 48.5 Å². The van der Waals surface area contributed by atoms with Crippen molar-refractivity contribution in [3.63, 3.8) is 0 Å². The normalized spacial score (nSPS) is 11.4. The highest BCUT2D eigenvalue weighted by Gasteiger charge is 2.14. The summed E-state index contributed by atoms with van der Waals surface area (Å²) >= 11 is 0. The van der Waals surface area contributed by atoms with Crippen molar-refractivity contribution >= 4 is 18.8 Å². The Morgan fingerprint density at radius 1 is 0.667 bits per heavy atom. The summed E-state index contributed by atoms with van der Waals surface area (Å²) in [5.74, 6) is 1.77. The Bertz CT molecular complexity index is 603. The van der Waals surface area contributed by atoms with Crippen molar-refractivity contribution in [3.8, 4) is 11.5 Å². The Kier molecular flexibility index (Phi) is 9.02. The topological polar surface area (TPSA) is 34.2 Å². The maximum atomic E-state index is 5.80. The maximum absolute atomic E-state index is 5.80. The molecule has 0 saturated carbocycles. The standard InChI is InChI=1S/C21H31N2O3P/c1-22(2)14-16-25-18-6-10-20(11-7-18)27(24-5)21-12-8-19(9-13-21)26-17-15-23(3)4/h6-13H,14-17H2,1-5H3. The lowest BCUT2D eigenvalue weighted by Crippen LogP contribution is -2.19. The molecule has 0 aliphatic heterocycles. The minimum absolute atomic E-state index is 0.681. The molecule has 148 valence electrons. The molecule has 0 radical (unpaired) electrons. The first-order chi connectivity index (χ1) is 13.0. The molecular weight excluding hydrogens is 359 g/mol. The zero-order valence-corrected chi connectivity index (χ0v) is 17.9. The molecule has 0 fully saturated rings. The van der Waals surface area contributed by atoms with Gasteiger partial charge in [0.05, 0.1) is 8.15 Å². The molecule has 2 aromatic rings. The molecule has 0 aliphatic carbocycles. The van der Waals surface area contributed by atoms with E-state index in [9.17, 15) is 0 Å². The quantitative estimate of drug-likeness (QED) is 0.551. The van der Waals surface area contributed by atoms with Crippen LogP contribution in [-0.2, 0) is 4.52 Å². The number of hydrogen-bond donors (Lipinski definition) is 0. The fraction of sp³-hybridized carbons (Fsp3) is 0.429. The zero-order valence-electron chi connectivity index (χ0n) is 17.0. The molecule has 2 aromatic carbocycles. The Morgan fingerprint density at radius 3 is 1.33 bits per heavy atom. The van der Waals surface area contributed by atoms with Crippen molar-refractivity contribution in [2.75, 3.05) is 61.6 Å². The molecule has 0 saturated heterocycles. The van der Waals surface area contributed by atoms with Crippen LogP contribution < -0.4 is 20.1 Å². The summed E-state index contributed by atoms with van der Waals surface area (Å²) in [5, 5.41) is 2.32. The Hall–Kier alpha value is -1.65. The third kappa shape index (κ3) is 7.47. The van der Waals surface area contributed by atoms with Crippen LogP contribution >= 0.6 is 8.15 Å². The summed E-state index contributed by atoms with van der Waals surface area (Å²) < 4.78 is 17.3. The molecule has 0 aliphatic rings. The molecule has 0 spiro atoms. The highest BCUT2D eigenvalue weighted by molar-refractivity contribution is 7.68. The SMILES string of the molecule is COP(c1ccc(OCCN(C)C)cc1)c1ccc(OCCN(C)C)cc1. The van der Waals surface area contributed by atoms with E-state index >= 15 is 0 Å². The molecule has 0 bridgehead atoms. The van der Waals surface area contributed by atoms with Crippen LogP contribution in [0, 0.1) is 0 Å². The van der Waals surface area contributed by atoms with Crippen LogP contribution in [0.3, 0.4) is 0 Å². The van der Waals surface area contributed by atoms with E-state index in [-0.39, 0.29) is 0 Å². The van der Waals surface area contributed by atoms with Crippen molar-refractivity contribution in [2.24, 2.45) is 0 Å². The van der Waals surface area contributed by atoms with Crippen LogP contribution in [0.5, 0.6) is 11.5 Å². The molecule has 0 heterocycles. The van der Waals surface area contributed by atoms with E-state index in [1.54, 1.807) is 7.11 Å². The Balaban J connectivity index is 1.97. The monoisotopic (exact) mass is 390 g/mol. The van der Waals surface area contributed by atoms with E-state index in [2.05, 4.69) is 34.1 Å². The van der Waals surface area contributed by atoms with E-state index in [1.807, 2.05) is 52.5 Å². The van der Waals surface area contributed by atoms with Gasteiger partial charge in [-0.15, -0.1) is 0 Å². The average Bonchev–Trinajstić information content (AvgIpc) is 2.64. The summed E-state index contributed by atoms with van der Waals surface area (Å²) in [6.07, 6.45) is 0. The minimum atomic E-state index is -0.847. The molecule has 2 rings (SSSR count). The van der Waals surface area contributed by atoms with Crippen molar-refractivity contribution in [2.45, 2.75) is 0 Å². The first-order valence-electron chi connectivity index (χ1n) is 9.09. The molecule has 5 nitrogen and oxygen atoms in total. The Morgan fingerprint density at radius 2 is 1.04 bits per heavy atom. The van der Waals surface area contributed by atoms with Gasteiger partial charge in [0.2, 0.25) is 0 Å². The third-order valence-corrected chi connectivity index (χ3v) is 5.84. The average molecular weight is 390 g/mol. The summed E-state index contributed by atoms with van der Waals surface area (Å²) in [7, 11) is 9.07. The second kappa shape index (κ2) is 11.3. The van der Waals surface area contributed by atoms with Gasteiger partial charge >= 0.3 is 0 Å². The van der Waals surface area contributed by atoms with Crippen molar-refractivity contribution < 1.29 is 14.0 Å². The number of hydrogen-bond acceptors (Lipinski definition) is 5. The van der Waals surface area contributed by atoms with E-state index in [1.165, 1.54) is 0 Å². The summed E-state index contributed by atoms with van der Waals surface area (Å²) in [4.78, 5) is 4.21. The predicted octanol–water partition coefficient (Wildman–Crippen LogP) is 2.56. The van der Waals surface area contributed by atoms with Gasteiger partial charge in [0.25, 0.3) is 0 Å². The fourth-order valence-electron chi connectivity index (χ4n) is 2.41. The van der Waals surface area contributed by atoms with E-state index in [0.717, 1.165) is 35.2 Å². The van der Waals surface area contributed by atoms with Gasteiger partial charge in [0.1, 0.15) is 24.7 Å². The minimum Gasteiger partial charge on any atom is -0.492 e. The first kappa shape index (κ1) is 21.6.